The second kappa shape index (κ2) is 13.2. The van der Waals surface area contributed by atoms with Gasteiger partial charge in [0, 0.05) is 0 Å². The second-order valence-electron chi connectivity index (χ2n) is 7.17. The molecule has 1 aliphatic carbocycles. The molecular formula is C20H36O5. The van der Waals surface area contributed by atoms with Crippen molar-refractivity contribution in [2.75, 3.05) is 19.8 Å². The minimum absolute atomic E-state index is 0.00684. The predicted octanol–water partition coefficient (Wildman–Crippen LogP) is 3.87. The van der Waals surface area contributed by atoms with Crippen LogP contribution in [0.25, 0.3) is 0 Å². The first kappa shape index (κ1) is 21.9. The Morgan fingerprint density at radius 1 is 0.960 bits per heavy atom. The van der Waals surface area contributed by atoms with Crippen molar-refractivity contribution in [3.05, 3.63) is 0 Å². The maximum absolute atomic E-state index is 12.5. The zero-order valence-electron chi connectivity index (χ0n) is 16.0. The zero-order valence-corrected chi connectivity index (χ0v) is 16.0. The van der Waals surface area contributed by atoms with E-state index in [1.165, 1.54) is 19.3 Å². The number of carbonyl (C=O) groups excluding carboxylic acids is 2. The molecule has 5 heteroatoms. The molecule has 0 bridgehead atoms. The maximum Gasteiger partial charge on any atom is 0.309 e. The Labute approximate surface area is 152 Å². The molecule has 5 nitrogen and oxygen atoms in total. The van der Waals surface area contributed by atoms with Crippen LogP contribution in [0.2, 0.25) is 0 Å². The van der Waals surface area contributed by atoms with Gasteiger partial charge in [0.2, 0.25) is 0 Å². The summed E-state index contributed by atoms with van der Waals surface area (Å²) in [5.41, 5.74) is 0. The summed E-state index contributed by atoms with van der Waals surface area (Å²) in [6.07, 6.45) is 10.1. The van der Waals surface area contributed by atoms with Gasteiger partial charge in [0.05, 0.1) is 25.0 Å². The van der Waals surface area contributed by atoms with Crippen LogP contribution in [0, 0.1) is 17.8 Å². The lowest BCUT2D eigenvalue weighted by Gasteiger charge is -2.28. The lowest BCUT2D eigenvalue weighted by atomic mass is 9.79. The molecule has 0 aromatic rings. The number of hydrogen-bond acceptors (Lipinski definition) is 5. The first-order valence-electron chi connectivity index (χ1n) is 10.1. The van der Waals surface area contributed by atoms with Crippen molar-refractivity contribution in [1.82, 2.24) is 0 Å². The summed E-state index contributed by atoms with van der Waals surface area (Å²) in [4.78, 5) is 24.7. The van der Waals surface area contributed by atoms with Crippen LogP contribution in [0.1, 0.15) is 78.1 Å². The molecule has 1 N–H and O–H groups in total. The van der Waals surface area contributed by atoms with Crippen molar-refractivity contribution >= 4 is 11.9 Å². The van der Waals surface area contributed by atoms with E-state index in [2.05, 4.69) is 13.8 Å². The molecular weight excluding hydrogens is 320 g/mol. The second-order valence-corrected chi connectivity index (χ2v) is 7.17. The summed E-state index contributed by atoms with van der Waals surface area (Å²) in [5.74, 6) is -1.01. The Kier molecular flexibility index (Phi) is 11.5. The normalized spacial score (nSPS) is 21.6. The quantitative estimate of drug-likeness (QED) is 0.424. The number of esters is 2. The van der Waals surface area contributed by atoms with Crippen LogP contribution in [0.3, 0.4) is 0 Å². The molecule has 0 amide bonds. The fourth-order valence-electron chi connectivity index (χ4n) is 3.66. The van der Waals surface area contributed by atoms with E-state index in [4.69, 9.17) is 14.6 Å². The van der Waals surface area contributed by atoms with Gasteiger partial charge in [0.15, 0.2) is 0 Å². The number of aliphatic hydroxyl groups is 1. The SMILES string of the molecule is CCCCCC(CCC)COC(=O)C1CCCCC1C(=O)OCCO. The van der Waals surface area contributed by atoms with E-state index in [1.807, 2.05) is 0 Å². The third kappa shape index (κ3) is 8.21. The molecule has 146 valence electrons. The number of unbranched alkanes of at least 4 members (excludes halogenated alkanes) is 2. The highest BCUT2D eigenvalue weighted by Gasteiger charge is 2.38. The Hall–Kier alpha value is -1.10. The summed E-state index contributed by atoms with van der Waals surface area (Å²) in [7, 11) is 0. The molecule has 0 radical (unpaired) electrons. The van der Waals surface area contributed by atoms with Gasteiger partial charge in [0.1, 0.15) is 6.61 Å². The van der Waals surface area contributed by atoms with E-state index in [0.29, 0.717) is 25.4 Å². The van der Waals surface area contributed by atoms with Crippen LogP contribution in [0.4, 0.5) is 0 Å². The van der Waals surface area contributed by atoms with Gasteiger partial charge < -0.3 is 14.6 Å². The van der Waals surface area contributed by atoms with Crippen molar-refractivity contribution < 1.29 is 24.2 Å². The highest BCUT2D eigenvalue weighted by atomic mass is 16.5. The van der Waals surface area contributed by atoms with Crippen LogP contribution in [0.5, 0.6) is 0 Å². The Bertz CT molecular complexity index is 382. The van der Waals surface area contributed by atoms with Crippen LogP contribution in [0.15, 0.2) is 0 Å². The lowest BCUT2D eigenvalue weighted by Crippen LogP contribution is -2.36. The van der Waals surface area contributed by atoms with Gasteiger partial charge in [-0.2, -0.15) is 0 Å². The number of hydrogen-bond donors (Lipinski definition) is 1. The topological polar surface area (TPSA) is 72.8 Å². The van der Waals surface area contributed by atoms with Gasteiger partial charge in [-0.3, -0.25) is 9.59 Å². The smallest absolute Gasteiger partial charge is 0.309 e. The molecule has 0 spiro atoms. The number of rotatable bonds is 12. The van der Waals surface area contributed by atoms with Crippen LogP contribution < -0.4 is 0 Å². The number of carbonyl (C=O) groups is 2. The van der Waals surface area contributed by atoms with E-state index in [1.54, 1.807) is 0 Å². The molecule has 1 saturated carbocycles. The van der Waals surface area contributed by atoms with E-state index in [-0.39, 0.29) is 25.2 Å². The molecule has 0 aromatic carbocycles. The third-order valence-electron chi connectivity index (χ3n) is 5.08. The van der Waals surface area contributed by atoms with Crippen molar-refractivity contribution in [3.63, 3.8) is 0 Å². The van der Waals surface area contributed by atoms with Gasteiger partial charge in [0.25, 0.3) is 0 Å². The first-order chi connectivity index (χ1) is 12.1. The van der Waals surface area contributed by atoms with E-state index in [9.17, 15) is 9.59 Å². The molecule has 1 rings (SSSR count). The first-order valence-corrected chi connectivity index (χ1v) is 10.1. The largest absolute Gasteiger partial charge is 0.465 e. The maximum atomic E-state index is 12.5. The van der Waals surface area contributed by atoms with Crippen LogP contribution >= 0.6 is 0 Å². The average molecular weight is 357 g/mol. The summed E-state index contributed by atoms with van der Waals surface area (Å²) >= 11 is 0. The monoisotopic (exact) mass is 356 g/mol. The van der Waals surface area contributed by atoms with Gasteiger partial charge in [-0.1, -0.05) is 52.4 Å². The average Bonchev–Trinajstić information content (AvgIpc) is 2.64. The van der Waals surface area contributed by atoms with Crippen molar-refractivity contribution in [2.24, 2.45) is 17.8 Å². The van der Waals surface area contributed by atoms with E-state index >= 15 is 0 Å². The van der Waals surface area contributed by atoms with E-state index in [0.717, 1.165) is 32.1 Å². The minimum Gasteiger partial charge on any atom is -0.465 e. The summed E-state index contributed by atoms with van der Waals surface area (Å²) in [6, 6.07) is 0. The Morgan fingerprint density at radius 3 is 2.16 bits per heavy atom. The van der Waals surface area contributed by atoms with E-state index < -0.39 is 11.8 Å². The van der Waals surface area contributed by atoms with Gasteiger partial charge in [-0.15, -0.1) is 0 Å². The van der Waals surface area contributed by atoms with Gasteiger partial charge >= 0.3 is 11.9 Å². The molecule has 1 aliphatic rings. The summed E-state index contributed by atoms with van der Waals surface area (Å²) < 4.78 is 10.7. The summed E-state index contributed by atoms with van der Waals surface area (Å²) in [6.45, 7) is 4.61. The molecule has 3 unspecified atom stereocenters. The highest BCUT2D eigenvalue weighted by molar-refractivity contribution is 5.82. The highest BCUT2D eigenvalue weighted by Crippen LogP contribution is 2.32. The zero-order chi connectivity index (χ0) is 18.5. The van der Waals surface area contributed by atoms with Crippen molar-refractivity contribution in [1.29, 1.82) is 0 Å². The van der Waals surface area contributed by atoms with Crippen molar-refractivity contribution in [2.45, 2.75) is 78.1 Å². The third-order valence-corrected chi connectivity index (χ3v) is 5.08. The summed E-state index contributed by atoms with van der Waals surface area (Å²) in [5, 5.41) is 8.80. The molecule has 3 atom stereocenters. The van der Waals surface area contributed by atoms with Crippen molar-refractivity contribution in [3.8, 4) is 0 Å². The van der Waals surface area contributed by atoms with Gasteiger partial charge in [-0.05, 0) is 31.6 Å². The molecule has 0 aromatic heterocycles. The predicted molar refractivity (Wildman–Crippen MR) is 97.0 cm³/mol. The van der Waals surface area contributed by atoms with Gasteiger partial charge in [-0.25, -0.2) is 0 Å². The molecule has 25 heavy (non-hydrogen) atoms. The number of ether oxygens (including phenoxy) is 2. The molecule has 0 saturated heterocycles. The standard InChI is InChI=1S/C20H36O5/c1-3-5-6-10-16(9-4-2)15-25-20(23)18-12-8-7-11-17(18)19(22)24-14-13-21/h16-18,21H,3-15H2,1-2H3. The molecule has 1 fully saturated rings. The fourth-order valence-corrected chi connectivity index (χ4v) is 3.66. The Balaban J connectivity index is 2.51. The Morgan fingerprint density at radius 2 is 1.60 bits per heavy atom. The van der Waals surface area contributed by atoms with Crippen LogP contribution in [-0.4, -0.2) is 36.9 Å². The molecule has 0 heterocycles. The van der Waals surface area contributed by atoms with Crippen LogP contribution in [-0.2, 0) is 19.1 Å². The fraction of sp³-hybridized carbons (Fsp3) is 0.900. The molecule has 0 aliphatic heterocycles. The minimum atomic E-state index is -0.419. The number of aliphatic hydroxyl groups excluding tert-OH is 1. The lowest BCUT2D eigenvalue weighted by molar-refractivity contribution is -0.164.